The van der Waals surface area contributed by atoms with Crippen LogP contribution in [0.3, 0.4) is 0 Å². The summed E-state index contributed by atoms with van der Waals surface area (Å²) in [5.74, 6) is 8.78. The summed E-state index contributed by atoms with van der Waals surface area (Å²) in [5, 5.41) is 0. The molecule has 3 rings (SSSR count). The summed E-state index contributed by atoms with van der Waals surface area (Å²) < 4.78 is 5.90. The summed E-state index contributed by atoms with van der Waals surface area (Å²) in [6.07, 6.45) is 12.1. The largest absolute Gasteiger partial charge is 0.377 e. The molecule has 3 fully saturated rings. The van der Waals surface area contributed by atoms with Crippen molar-refractivity contribution in [3.63, 3.8) is 0 Å². The Labute approximate surface area is 111 Å². The number of methoxy groups -OCH3 is 1. The van der Waals surface area contributed by atoms with Gasteiger partial charge in [-0.1, -0.05) is 19.3 Å². The standard InChI is InChI=1S/C15H28N2O/c1-18-15(6-2-3-7-15)14(17-16)10-13-9-11-4-5-12(13)8-11/h11-14,17H,2-10,16H2,1H3. The van der Waals surface area contributed by atoms with Gasteiger partial charge in [-0.3, -0.25) is 11.3 Å². The van der Waals surface area contributed by atoms with Gasteiger partial charge in [0.15, 0.2) is 0 Å². The van der Waals surface area contributed by atoms with E-state index in [4.69, 9.17) is 10.6 Å². The number of hydrogen-bond acceptors (Lipinski definition) is 3. The van der Waals surface area contributed by atoms with Gasteiger partial charge in [-0.15, -0.1) is 0 Å². The lowest BCUT2D eigenvalue weighted by molar-refractivity contribution is -0.0436. The summed E-state index contributed by atoms with van der Waals surface area (Å²) in [4.78, 5) is 0. The fraction of sp³-hybridized carbons (Fsp3) is 1.00. The van der Waals surface area contributed by atoms with Crippen LogP contribution in [0.2, 0.25) is 0 Å². The lowest BCUT2D eigenvalue weighted by atomic mass is 9.79. The third-order valence-electron chi connectivity index (χ3n) is 6.12. The maximum absolute atomic E-state index is 5.90. The Balaban J connectivity index is 1.65. The minimum absolute atomic E-state index is 0.0244. The number of nitrogens with two attached hydrogens (primary N) is 1. The van der Waals surface area contributed by atoms with E-state index in [1.807, 2.05) is 7.11 Å². The average molecular weight is 252 g/mol. The molecule has 0 aromatic carbocycles. The Kier molecular flexibility index (Phi) is 3.65. The van der Waals surface area contributed by atoms with Crippen LogP contribution in [0, 0.1) is 17.8 Å². The molecule has 0 saturated heterocycles. The SMILES string of the molecule is COC1(C(CC2CC3CCC2C3)NN)CCCC1. The smallest absolute Gasteiger partial charge is 0.0844 e. The summed E-state index contributed by atoms with van der Waals surface area (Å²) in [6.45, 7) is 0. The van der Waals surface area contributed by atoms with Crippen LogP contribution in [0.5, 0.6) is 0 Å². The summed E-state index contributed by atoms with van der Waals surface area (Å²) in [7, 11) is 1.87. The molecule has 0 amide bonds. The van der Waals surface area contributed by atoms with Gasteiger partial charge in [-0.2, -0.15) is 0 Å². The third kappa shape index (κ3) is 2.10. The zero-order chi connectivity index (χ0) is 12.6. The Morgan fingerprint density at radius 2 is 2.06 bits per heavy atom. The van der Waals surface area contributed by atoms with E-state index in [0.717, 1.165) is 17.8 Å². The van der Waals surface area contributed by atoms with Gasteiger partial charge in [0.05, 0.1) is 11.6 Å². The topological polar surface area (TPSA) is 47.3 Å². The summed E-state index contributed by atoms with van der Waals surface area (Å²) >= 11 is 0. The molecular weight excluding hydrogens is 224 g/mol. The van der Waals surface area contributed by atoms with Crippen molar-refractivity contribution in [1.29, 1.82) is 0 Å². The van der Waals surface area contributed by atoms with E-state index < -0.39 is 0 Å². The molecule has 0 aromatic heterocycles. The normalized spacial score (nSPS) is 39.3. The molecule has 104 valence electrons. The fourth-order valence-corrected chi connectivity index (χ4v) is 5.07. The molecule has 4 atom stereocenters. The number of fused-ring (bicyclic) bond motifs is 2. The quantitative estimate of drug-likeness (QED) is 0.584. The van der Waals surface area contributed by atoms with Crippen molar-refractivity contribution < 1.29 is 4.74 Å². The average Bonchev–Trinajstić information content (AvgIpc) is 3.11. The fourth-order valence-electron chi connectivity index (χ4n) is 5.07. The van der Waals surface area contributed by atoms with Crippen LogP contribution in [0.25, 0.3) is 0 Å². The van der Waals surface area contributed by atoms with Gasteiger partial charge in [-0.25, -0.2) is 0 Å². The predicted octanol–water partition coefficient (Wildman–Crippen LogP) is 2.60. The Morgan fingerprint density at radius 1 is 1.28 bits per heavy atom. The van der Waals surface area contributed by atoms with Gasteiger partial charge in [0.25, 0.3) is 0 Å². The molecule has 3 nitrogen and oxygen atoms in total. The van der Waals surface area contributed by atoms with E-state index in [9.17, 15) is 0 Å². The highest BCUT2D eigenvalue weighted by Crippen LogP contribution is 2.51. The van der Waals surface area contributed by atoms with E-state index in [-0.39, 0.29) is 5.60 Å². The van der Waals surface area contributed by atoms with Crippen molar-refractivity contribution in [2.45, 2.75) is 69.4 Å². The minimum Gasteiger partial charge on any atom is -0.377 e. The second-order valence-corrected chi connectivity index (χ2v) is 6.87. The van der Waals surface area contributed by atoms with Gasteiger partial charge in [0, 0.05) is 7.11 Å². The van der Waals surface area contributed by atoms with Gasteiger partial charge in [-0.05, 0) is 56.3 Å². The van der Waals surface area contributed by atoms with Gasteiger partial charge in [0.2, 0.25) is 0 Å². The zero-order valence-electron chi connectivity index (χ0n) is 11.7. The number of nitrogens with one attached hydrogen (secondary N) is 1. The molecule has 0 aromatic rings. The van der Waals surface area contributed by atoms with Gasteiger partial charge < -0.3 is 4.74 Å². The molecule has 18 heavy (non-hydrogen) atoms. The van der Waals surface area contributed by atoms with Crippen LogP contribution in [-0.2, 0) is 4.74 Å². The third-order valence-corrected chi connectivity index (χ3v) is 6.12. The van der Waals surface area contributed by atoms with E-state index in [2.05, 4.69) is 5.43 Å². The van der Waals surface area contributed by atoms with Crippen LogP contribution in [0.15, 0.2) is 0 Å². The maximum Gasteiger partial charge on any atom is 0.0844 e. The van der Waals surface area contributed by atoms with Gasteiger partial charge in [0.1, 0.15) is 0 Å². The van der Waals surface area contributed by atoms with Crippen molar-refractivity contribution in [1.82, 2.24) is 5.43 Å². The van der Waals surface area contributed by atoms with Crippen LogP contribution < -0.4 is 11.3 Å². The molecule has 0 spiro atoms. The number of ether oxygens (including phenoxy) is 1. The molecule has 3 aliphatic carbocycles. The second-order valence-electron chi connectivity index (χ2n) is 6.87. The monoisotopic (exact) mass is 252 g/mol. The number of hydrazine groups is 1. The van der Waals surface area contributed by atoms with Crippen molar-refractivity contribution in [2.24, 2.45) is 23.6 Å². The molecule has 3 heteroatoms. The summed E-state index contributed by atoms with van der Waals surface area (Å²) in [5.41, 5.74) is 3.12. The first-order valence-electron chi connectivity index (χ1n) is 7.78. The van der Waals surface area contributed by atoms with E-state index in [0.29, 0.717) is 6.04 Å². The first-order valence-corrected chi connectivity index (χ1v) is 7.78. The molecule has 0 aliphatic heterocycles. The Hall–Kier alpha value is -0.120. The highest BCUT2D eigenvalue weighted by Gasteiger charge is 2.46. The van der Waals surface area contributed by atoms with Crippen molar-refractivity contribution in [2.75, 3.05) is 7.11 Å². The first kappa shape index (κ1) is 12.9. The van der Waals surface area contributed by atoms with Crippen LogP contribution in [0.4, 0.5) is 0 Å². The highest BCUT2D eigenvalue weighted by atomic mass is 16.5. The molecule has 3 saturated carbocycles. The minimum atomic E-state index is 0.0244. The second kappa shape index (κ2) is 5.10. The Morgan fingerprint density at radius 3 is 2.56 bits per heavy atom. The van der Waals surface area contributed by atoms with Gasteiger partial charge >= 0.3 is 0 Å². The van der Waals surface area contributed by atoms with Crippen LogP contribution in [0.1, 0.15) is 57.8 Å². The number of rotatable bonds is 5. The molecule has 2 bridgehead atoms. The van der Waals surface area contributed by atoms with Crippen LogP contribution >= 0.6 is 0 Å². The number of hydrogen-bond donors (Lipinski definition) is 2. The van der Waals surface area contributed by atoms with Crippen LogP contribution in [-0.4, -0.2) is 18.8 Å². The first-order chi connectivity index (χ1) is 8.77. The van der Waals surface area contributed by atoms with E-state index >= 15 is 0 Å². The Bertz CT molecular complexity index is 288. The van der Waals surface area contributed by atoms with E-state index in [1.54, 1.807) is 0 Å². The summed E-state index contributed by atoms with van der Waals surface area (Å²) in [6, 6.07) is 0.356. The maximum atomic E-state index is 5.90. The predicted molar refractivity (Wildman–Crippen MR) is 72.9 cm³/mol. The van der Waals surface area contributed by atoms with Crippen molar-refractivity contribution >= 4 is 0 Å². The molecule has 3 N–H and O–H groups in total. The lowest BCUT2D eigenvalue weighted by Gasteiger charge is -2.38. The molecule has 0 radical (unpaired) electrons. The molecule has 4 unspecified atom stereocenters. The zero-order valence-corrected chi connectivity index (χ0v) is 11.7. The lowest BCUT2D eigenvalue weighted by Crippen LogP contribution is -2.54. The van der Waals surface area contributed by atoms with E-state index in [1.165, 1.54) is 57.8 Å². The highest BCUT2D eigenvalue weighted by molar-refractivity contribution is 5.00. The van der Waals surface area contributed by atoms with Crippen molar-refractivity contribution in [3.8, 4) is 0 Å². The molecule has 3 aliphatic rings. The molecule has 0 heterocycles. The molecular formula is C15H28N2O. The van der Waals surface area contributed by atoms with Crippen molar-refractivity contribution in [3.05, 3.63) is 0 Å².